The van der Waals surface area contributed by atoms with Gasteiger partial charge in [-0.05, 0) is 84.7 Å². The van der Waals surface area contributed by atoms with Crippen molar-refractivity contribution in [3.8, 4) is 44.5 Å². The summed E-state index contributed by atoms with van der Waals surface area (Å²) in [6.07, 6.45) is 7.81. The highest BCUT2D eigenvalue weighted by Gasteiger charge is 2.20. The zero-order valence-corrected chi connectivity index (χ0v) is 30.3. The molecule has 4 aromatic carbocycles. The molecule has 9 rings (SSSR count). The van der Waals surface area contributed by atoms with Crippen LogP contribution in [-0.2, 0) is 0 Å². The molecule has 2 N–H and O–H groups in total. The van der Waals surface area contributed by atoms with Crippen molar-refractivity contribution < 1.29 is 9.85 Å². The van der Waals surface area contributed by atoms with Crippen LogP contribution in [0.25, 0.3) is 90.9 Å². The molecular formula is C46H32N6O4. The number of aromatic amines is 2. The molecular weight excluding hydrogens is 701 g/mol. The molecule has 270 valence electrons. The van der Waals surface area contributed by atoms with Crippen molar-refractivity contribution in [3.63, 3.8) is 0 Å². The lowest BCUT2D eigenvalue weighted by atomic mass is 10.0. The lowest BCUT2D eigenvalue weighted by Crippen LogP contribution is -1.92. The number of nitro benzene ring substituents is 2. The predicted molar refractivity (Wildman–Crippen MR) is 223 cm³/mol. The minimum atomic E-state index is -0.412. The molecule has 0 saturated carbocycles. The topological polar surface area (TPSA) is 144 Å². The van der Waals surface area contributed by atoms with E-state index in [4.69, 9.17) is 9.97 Å². The first-order valence-corrected chi connectivity index (χ1v) is 18.0. The van der Waals surface area contributed by atoms with Crippen molar-refractivity contribution in [2.24, 2.45) is 0 Å². The maximum atomic E-state index is 12.0. The zero-order valence-electron chi connectivity index (χ0n) is 30.3. The number of aromatic nitrogens is 4. The number of aryl methyl sites for hydroxylation is 2. The molecule has 0 atom stereocenters. The first-order chi connectivity index (χ1) is 27.2. The SMILES string of the molecule is Cc1ccc(-c2c3nc(c(-c4ccc(C)cc4)c4ccc([nH]4)c(-c4cccc([N+](=O)[O-])c4)c4nc(c(-c5cccc([N+](=O)[O-])c5)c5ccc2[nH]5)C=C4)C=C3)cc1. The molecule has 5 heterocycles. The van der Waals surface area contributed by atoms with Crippen molar-refractivity contribution >= 4 is 57.7 Å². The van der Waals surface area contributed by atoms with Gasteiger partial charge < -0.3 is 9.97 Å². The smallest absolute Gasteiger partial charge is 0.270 e. The summed E-state index contributed by atoms with van der Waals surface area (Å²) in [5, 5.41) is 24.0. The molecule has 10 nitrogen and oxygen atoms in total. The van der Waals surface area contributed by atoms with Crippen molar-refractivity contribution in [2.75, 3.05) is 0 Å². The molecule has 56 heavy (non-hydrogen) atoms. The van der Waals surface area contributed by atoms with Crippen molar-refractivity contribution in [3.05, 3.63) is 175 Å². The Hall–Kier alpha value is -7.72. The number of nitrogens with one attached hydrogen (secondary N) is 2. The fourth-order valence-electron chi connectivity index (χ4n) is 7.41. The van der Waals surface area contributed by atoms with E-state index in [0.29, 0.717) is 44.7 Å². The van der Waals surface area contributed by atoms with E-state index in [2.05, 4.69) is 72.3 Å². The molecule has 0 spiro atoms. The summed E-state index contributed by atoms with van der Waals surface area (Å²) >= 11 is 0. The van der Waals surface area contributed by atoms with E-state index >= 15 is 0 Å². The average molecular weight is 733 g/mol. The zero-order chi connectivity index (χ0) is 38.5. The molecule has 2 aliphatic heterocycles. The standard InChI is InChI=1S/C46H32N6O4/c1-27-9-13-29(14-10-27)43-35-17-18-36(47-35)44(30-15-11-28(2)12-16-30)38-20-22-40(49-38)46(32-6-4-8-34(26-32)52(55)56)42-24-23-41(50-42)45(39-21-19-37(43)48-39)31-5-3-7-33(25-31)51(53)54/h3-26,48-49H,1-2H3. The lowest BCUT2D eigenvalue weighted by Gasteiger charge is -2.07. The van der Waals surface area contributed by atoms with Gasteiger partial charge in [-0.15, -0.1) is 0 Å². The molecule has 0 saturated heterocycles. The van der Waals surface area contributed by atoms with E-state index < -0.39 is 9.85 Å². The Kier molecular flexibility index (Phi) is 8.28. The number of rotatable bonds is 6. The van der Waals surface area contributed by atoms with Gasteiger partial charge in [0.25, 0.3) is 11.4 Å². The monoisotopic (exact) mass is 732 g/mol. The number of non-ortho nitro benzene ring substituents is 2. The minimum absolute atomic E-state index is 0.0514. The van der Waals surface area contributed by atoms with Gasteiger partial charge in [-0.3, -0.25) is 20.2 Å². The van der Waals surface area contributed by atoms with Gasteiger partial charge in [0.15, 0.2) is 0 Å². The molecule has 0 radical (unpaired) electrons. The second-order valence-corrected chi connectivity index (χ2v) is 13.8. The Morgan fingerprint density at radius 3 is 1.07 bits per heavy atom. The van der Waals surface area contributed by atoms with E-state index in [0.717, 1.165) is 55.8 Å². The largest absolute Gasteiger partial charge is 0.354 e. The number of hydrogen-bond donors (Lipinski definition) is 2. The van der Waals surface area contributed by atoms with Crippen LogP contribution in [0.3, 0.4) is 0 Å². The van der Waals surface area contributed by atoms with Crippen LogP contribution in [0.1, 0.15) is 33.9 Å². The second kappa shape index (κ2) is 13.6. The highest BCUT2D eigenvalue weighted by atomic mass is 16.6. The number of fused-ring (bicyclic) bond motifs is 8. The maximum absolute atomic E-state index is 12.0. The van der Waals surface area contributed by atoms with Gasteiger partial charge >= 0.3 is 0 Å². The molecule has 8 bridgehead atoms. The van der Waals surface area contributed by atoms with Gasteiger partial charge in [-0.25, -0.2) is 9.97 Å². The van der Waals surface area contributed by atoms with Gasteiger partial charge in [0.05, 0.1) is 32.6 Å². The van der Waals surface area contributed by atoms with E-state index in [1.54, 1.807) is 24.3 Å². The summed E-state index contributed by atoms with van der Waals surface area (Å²) < 4.78 is 0. The summed E-state index contributed by atoms with van der Waals surface area (Å²) in [7, 11) is 0. The minimum Gasteiger partial charge on any atom is -0.354 e. The Labute approximate surface area is 320 Å². The van der Waals surface area contributed by atoms with Crippen LogP contribution in [0.2, 0.25) is 0 Å². The van der Waals surface area contributed by atoms with Crippen LogP contribution >= 0.6 is 0 Å². The maximum Gasteiger partial charge on any atom is 0.270 e. The number of nitro groups is 2. The molecule has 3 aromatic heterocycles. The number of benzene rings is 4. The van der Waals surface area contributed by atoms with Gasteiger partial charge in [0.2, 0.25) is 0 Å². The predicted octanol–water partition coefficient (Wildman–Crippen LogP) is 11.8. The van der Waals surface area contributed by atoms with E-state index in [-0.39, 0.29) is 11.4 Å². The first kappa shape index (κ1) is 34.1. The molecule has 0 aliphatic carbocycles. The molecule has 2 aliphatic rings. The van der Waals surface area contributed by atoms with Crippen molar-refractivity contribution in [1.82, 2.24) is 19.9 Å². The van der Waals surface area contributed by atoms with Crippen molar-refractivity contribution in [2.45, 2.75) is 13.8 Å². The number of hydrogen-bond acceptors (Lipinski definition) is 6. The molecule has 7 aromatic rings. The summed E-state index contributed by atoms with van der Waals surface area (Å²) in [5.41, 5.74) is 14.0. The fourth-order valence-corrected chi connectivity index (χ4v) is 7.41. The second-order valence-electron chi connectivity index (χ2n) is 13.8. The van der Waals surface area contributed by atoms with Gasteiger partial charge in [-0.2, -0.15) is 0 Å². The Morgan fingerprint density at radius 1 is 0.429 bits per heavy atom. The Balaban J connectivity index is 1.47. The summed E-state index contributed by atoms with van der Waals surface area (Å²) in [5.74, 6) is 0. The Bertz CT molecular complexity index is 2790. The van der Waals surface area contributed by atoms with Crippen LogP contribution in [0.15, 0.2) is 121 Å². The van der Waals surface area contributed by atoms with Crippen LogP contribution in [0, 0.1) is 34.1 Å². The Morgan fingerprint density at radius 2 is 0.750 bits per heavy atom. The van der Waals surface area contributed by atoms with Crippen LogP contribution in [0.5, 0.6) is 0 Å². The number of H-pyrrole nitrogens is 2. The van der Waals surface area contributed by atoms with Crippen LogP contribution < -0.4 is 0 Å². The highest BCUT2D eigenvalue weighted by Crippen LogP contribution is 2.39. The van der Waals surface area contributed by atoms with Gasteiger partial charge in [-0.1, -0.05) is 83.9 Å². The highest BCUT2D eigenvalue weighted by molar-refractivity contribution is 6.00. The van der Waals surface area contributed by atoms with Crippen LogP contribution in [0.4, 0.5) is 11.4 Å². The third-order valence-corrected chi connectivity index (χ3v) is 10.1. The fraction of sp³-hybridized carbons (Fsp3) is 0.0435. The third kappa shape index (κ3) is 6.14. The molecule has 10 heteroatoms. The van der Waals surface area contributed by atoms with Gasteiger partial charge in [0.1, 0.15) is 0 Å². The van der Waals surface area contributed by atoms with Gasteiger partial charge in [0, 0.05) is 68.6 Å². The quantitative estimate of drug-likeness (QED) is 0.129. The summed E-state index contributed by atoms with van der Waals surface area (Å²) in [6, 6.07) is 37.6. The molecule has 0 unspecified atom stereocenters. The van der Waals surface area contributed by atoms with E-state index in [9.17, 15) is 20.2 Å². The van der Waals surface area contributed by atoms with Crippen LogP contribution in [-0.4, -0.2) is 29.8 Å². The lowest BCUT2D eigenvalue weighted by molar-refractivity contribution is -0.385. The molecule has 0 fully saturated rings. The summed E-state index contributed by atoms with van der Waals surface area (Å²) in [6.45, 7) is 4.10. The number of nitrogens with zero attached hydrogens (tertiary/aromatic N) is 4. The van der Waals surface area contributed by atoms with Crippen molar-refractivity contribution in [1.29, 1.82) is 0 Å². The van der Waals surface area contributed by atoms with E-state index in [1.807, 2.05) is 60.7 Å². The average Bonchev–Trinajstić information content (AvgIpc) is 4.04. The third-order valence-electron chi connectivity index (χ3n) is 10.1. The normalized spacial score (nSPS) is 11.9. The first-order valence-electron chi connectivity index (χ1n) is 18.0. The van der Waals surface area contributed by atoms with E-state index in [1.165, 1.54) is 12.1 Å². The molecule has 0 amide bonds. The summed E-state index contributed by atoms with van der Waals surface area (Å²) in [4.78, 5) is 40.9.